The van der Waals surface area contributed by atoms with Crippen molar-refractivity contribution in [3.8, 4) is 0 Å². The lowest BCUT2D eigenvalue weighted by Gasteiger charge is -2.39. The zero-order chi connectivity index (χ0) is 15.3. The van der Waals surface area contributed by atoms with Crippen molar-refractivity contribution in [2.45, 2.75) is 70.3 Å². The zero-order valence-electron chi connectivity index (χ0n) is 13.0. The van der Waals surface area contributed by atoms with Crippen molar-refractivity contribution >= 4 is 11.9 Å². The van der Waals surface area contributed by atoms with Gasteiger partial charge in [-0.2, -0.15) is 0 Å². The maximum absolute atomic E-state index is 12.5. The number of aliphatic carboxylic acids is 1. The number of carboxylic acid groups (broad SMARTS) is 1. The molecule has 1 aliphatic heterocycles. The van der Waals surface area contributed by atoms with E-state index < -0.39 is 11.5 Å². The average molecular weight is 296 g/mol. The fourth-order valence-electron chi connectivity index (χ4n) is 3.75. The standard InChI is InChI=1S/C16H28N2O3/c1-15(7-5-6-10-18-15)14(21)17-12-16(11-13(19)20)8-3-2-4-9-16/h18H,2-12H2,1H3,(H,17,21)(H,19,20). The second-order valence-corrected chi connectivity index (χ2v) is 7.03. The summed E-state index contributed by atoms with van der Waals surface area (Å²) in [5.41, 5.74) is -0.734. The van der Waals surface area contributed by atoms with Crippen LogP contribution in [0.2, 0.25) is 0 Å². The number of carbonyl (C=O) groups excluding carboxylic acids is 1. The van der Waals surface area contributed by atoms with Gasteiger partial charge in [-0.1, -0.05) is 19.3 Å². The maximum atomic E-state index is 12.5. The second kappa shape index (κ2) is 6.77. The van der Waals surface area contributed by atoms with E-state index in [1.54, 1.807) is 0 Å². The molecule has 1 unspecified atom stereocenters. The van der Waals surface area contributed by atoms with E-state index in [-0.39, 0.29) is 17.7 Å². The van der Waals surface area contributed by atoms with Crippen LogP contribution in [0.15, 0.2) is 0 Å². The Hall–Kier alpha value is -1.10. The van der Waals surface area contributed by atoms with E-state index in [1.807, 2.05) is 6.92 Å². The molecule has 1 saturated carbocycles. The number of hydrogen-bond donors (Lipinski definition) is 3. The Labute approximate surface area is 126 Å². The molecule has 5 heteroatoms. The van der Waals surface area contributed by atoms with Crippen LogP contribution in [0.1, 0.15) is 64.7 Å². The number of carboxylic acids is 1. The van der Waals surface area contributed by atoms with E-state index in [2.05, 4.69) is 10.6 Å². The van der Waals surface area contributed by atoms with Crippen LogP contribution in [0.4, 0.5) is 0 Å². The highest BCUT2D eigenvalue weighted by Crippen LogP contribution is 2.39. The van der Waals surface area contributed by atoms with Crippen LogP contribution >= 0.6 is 0 Å². The fourth-order valence-corrected chi connectivity index (χ4v) is 3.75. The molecule has 21 heavy (non-hydrogen) atoms. The second-order valence-electron chi connectivity index (χ2n) is 7.03. The Bertz CT molecular complexity index is 383. The molecule has 1 saturated heterocycles. The molecule has 0 aromatic rings. The molecule has 5 nitrogen and oxygen atoms in total. The first-order valence-corrected chi connectivity index (χ1v) is 8.21. The molecule has 2 fully saturated rings. The lowest BCUT2D eigenvalue weighted by atomic mass is 9.71. The molecule has 2 rings (SSSR count). The Morgan fingerprint density at radius 2 is 1.76 bits per heavy atom. The summed E-state index contributed by atoms with van der Waals surface area (Å²) in [4.78, 5) is 23.6. The van der Waals surface area contributed by atoms with Crippen LogP contribution in [0.3, 0.4) is 0 Å². The molecule has 0 radical (unpaired) electrons. The first kappa shape index (κ1) is 16.3. The van der Waals surface area contributed by atoms with Gasteiger partial charge in [-0.3, -0.25) is 9.59 Å². The van der Waals surface area contributed by atoms with Gasteiger partial charge in [0.25, 0.3) is 0 Å². The minimum Gasteiger partial charge on any atom is -0.481 e. The van der Waals surface area contributed by atoms with E-state index in [4.69, 9.17) is 0 Å². The molecule has 120 valence electrons. The van der Waals surface area contributed by atoms with Gasteiger partial charge in [0.2, 0.25) is 5.91 Å². The third-order valence-corrected chi connectivity index (χ3v) is 5.18. The SMILES string of the molecule is CC1(C(=O)NCC2(CC(=O)O)CCCCC2)CCCCN1. The maximum Gasteiger partial charge on any atom is 0.303 e. The molecule has 0 bridgehead atoms. The number of nitrogens with one attached hydrogen (secondary N) is 2. The summed E-state index contributed by atoms with van der Waals surface area (Å²) in [5, 5.41) is 15.5. The molecule has 1 amide bonds. The highest BCUT2D eigenvalue weighted by atomic mass is 16.4. The first-order valence-electron chi connectivity index (χ1n) is 8.21. The highest BCUT2D eigenvalue weighted by molar-refractivity contribution is 5.86. The number of piperidine rings is 1. The van der Waals surface area contributed by atoms with Crippen LogP contribution in [0, 0.1) is 5.41 Å². The molecule has 2 aliphatic rings. The molecule has 1 atom stereocenters. The van der Waals surface area contributed by atoms with Gasteiger partial charge < -0.3 is 15.7 Å². The smallest absolute Gasteiger partial charge is 0.303 e. The van der Waals surface area contributed by atoms with Gasteiger partial charge in [-0.25, -0.2) is 0 Å². The Kier molecular flexibility index (Phi) is 5.25. The summed E-state index contributed by atoms with van der Waals surface area (Å²) < 4.78 is 0. The predicted octanol–water partition coefficient (Wildman–Crippen LogP) is 2.06. The molecule has 3 N–H and O–H groups in total. The van der Waals surface area contributed by atoms with Crippen molar-refractivity contribution in [2.75, 3.05) is 13.1 Å². The van der Waals surface area contributed by atoms with Crippen molar-refractivity contribution in [1.29, 1.82) is 0 Å². The summed E-state index contributed by atoms with van der Waals surface area (Å²) in [6.45, 7) is 3.33. The van der Waals surface area contributed by atoms with Gasteiger partial charge in [-0.15, -0.1) is 0 Å². The van der Waals surface area contributed by atoms with E-state index in [9.17, 15) is 14.7 Å². The van der Waals surface area contributed by atoms with Crippen molar-refractivity contribution in [3.63, 3.8) is 0 Å². The molecule has 0 spiro atoms. The third kappa shape index (κ3) is 4.19. The number of carbonyl (C=O) groups is 2. The lowest BCUT2D eigenvalue weighted by molar-refractivity contribution is -0.141. The van der Waals surface area contributed by atoms with Crippen LogP contribution in [0.5, 0.6) is 0 Å². The highest BCUT2D eigenvalue weighted by Gasteiger charge is 2.38. The van der Waals surface area contributed by atoms with E-state index in [0.29, 0.717) is 6.54 Å². The first-order chi connectivity index (χ1) is 9.96. The molecule has 0 aromatic carbocycles. The number of rotatable bonds is 5. The van der Waals surface area contributed by atoms with E-state index in [1.165, 1.54) is 6.42 Å². The molecule has 1 heterocycles. The summed E-state index contributed by atoms with van der Waals surface area (Å²) in [6, 6.07) is 0. The quantitative estimate of drug-likeness (QED) is 0.725. The van der Waals surface area contributed by atoms with Gasteiger partial charge in [0.15, 0.2) is 0 Å². The van der Waals surface area contributed by atoms with Gasteiger partial charge >= 0.3 is 5.97 Å². The molecular formula is C16H28N2O3. The van der Waals surface area contributed by atoms with Crippen molar-refractivity contribution < 1.29 is 14.7 Å². The van der Waals surface area contributed by atoms with Gasteiger partial charge in [0.05, 0.1) is 12.0 Å². The molecular weight excluding hydrogens is 268 g/mol. The third-order valence-electron chi connectivity index (χ3n) is 5.18. The fraction of sp³-hybridized carbons (Fsp3) is 0.875. The summed E-state index contributed by atoms with van der Waals surface area (Å²) >= 11 is 0. The van der Waals surface area contributed by atoms with Gasteiger partial charge in [0, 0.05) is 6.54 Å². The Morgan fingerprint density at radius 1 is 1.10 bits per heavy atom. The molecule has 1 aliphatic carbocycles. The largest absolute Gasteiger partial charge is 0.481 e. The normalized spacial score (nSPS) is 28.8. The lowest BCUT2D eigenvalue weighted by Crippen LogP contribution is -2.58. The minimum absolute atomic E-state index is 0.0255. The predicted molar refractivity (Wildman–Crippen MR) is 81.0 cm³/mol. The van der Waals surface area contributed by atoms with E-state index in [0.717, 1.165) is 51.5 Å². The minimum atomic E-state index is -0.756. The van der Waals surface area contributed by atoms with Crippen LogP contribution in [0.25, 0.3) is 0 Å². The van der Waals surface area contributed by atoms with Crippen LogP contribution in [-0.4, -0.2) is 35.6 Å². The number of amides is 1. The van der Waals surface area contributed by atoms with Crippen LogP contribution in [-0.2, 0) is 9.59 Å². The van der Waals surface area contributed by atoms with Crippen molar-refractivity contribution in [3.05, 3.63) is 0 Å². The van der Waals surface area contributed by atoms with Crippen molar-refractivity contribution in [1.82, 2.24) is 10.6 Å². The summed E-state index contributed by atoms with van der Waals surface area (Å²) in [6.07, 6.45) is 8.32. The number of hydrogen-bond acceptors (Lipinski definition) is 3. The Balaban J connectivity index is 1.94. The van der Waals surface area contributed by atoms with Crippen LogP contribution < -0.4 is 10.6 Å². The van der Waals surface area contributed by atoms with Gasteiger partial charge in [0.1, 0.15) is 0 Å². The molecule has 0 aromatic heterocycles. The van der Waals surface area contributed by atoms with Gasteiger partial charge in [-0.05, 0) is 51.0 Å². The zero-order valence-corrected chi connectivity index (χ0v) is 13.0. The summed E-state index contributed by atoms with van der Waals surface area (Å²) in [5.74, 6) is -0.731. The average Bonchev–Trinajstić information content (AvgIpc) is 2.46. The topological polar surface area (TPSA) is 78.4 Å². The Morgan fingerprint density at radius 3 is 2.33 bits per heavy atom. The monoisotopic (exact) mass is 296 g/mol. The van der Waals surface area contributed by atoms with E-state index >= 15 is 0 Å². The summed E-state index contributed by atoms with van der Waals surface area (Å²) in [7, 11) is 0. The van der Waals surface area contributed by atoms with Crippen molar-refractivity contribution in [2.24, 2.45) is 5.41 Å².